The smallest absolute Gasteiger partial charge is 0.227 e. The van der Waals surface area contributed by atoms with Crippen molar-refractivity contribution in [2.75, 3.05) is 0 Å². The number of thioether (sulfide) groups is 1. The summed E-state index contributed by atoms with van der Waals surface area (Å²) in [4.78, 5) is 33.5. The molecule has 3 aromatic heterocycles. The van der Waals surface area contributed by atoms with Gasteiger partial charge in [-0.05, 0) is 29.5 Å². The van der Waals surface area contributed by atoms with Crippen molar-refractivity contribution in [2.24, 2.45) is 9.98 Å². The molecule has 6 nitrogen and oxygen atoms in total. The summed E-state index contributed by atoms with van der Waals surface area (Å²) in [6.07, 6.45) is 3.70. The van der Waals surface area contributed by atoms with Crippen molar-refractivity contribution in [1.82, 2.24) is 9.97 Å². The summed E-state index contributed by atoms with van der Waals surface area (Å²) in [5, 5.41) is 12.9. The Bertz CT molecular complexity index is 1460. The van der Waals surface area contributed by atoms with Crippen molar-refractivity contribution >= 4 is 56.5 Å². The summed E-state index contributed by atoms with van der Waals surface area (Å²) in [7, 11) is 0. The van der Waals surface area contributed by atoms with E-state index in [1.54, 1.807) is 11.3 Å². The third-order valence-electron chi connectivity index (χ3n) is 5.47. The van der Waals surface area contributed by atoms with Gasteiger partial charge < -0.3 is 5.11 Å². The van der Waals surface area contributed by atoms with Crippen molar-refractivity contribution in [3.63, 3.8) is 0 Å². The van der Waals surface area contributed by atoms with Crippen LogP contribution in [0.4, 0.5) is 0 Å². The summed E-state index contributed by atoms with van der Waals surface area (Å²) < 4.78 is 0.600. The highest BCUT2D eigenvalue weighted by Crippen LogP contribution is 2.50. The standard InChI is InChI=1S/C23H24N4O2S4/c1-21(2,3)10-8-24-16(30-10)12-14-18(32-19(12)28)26-15-13(20(29)33-23(15,7)27-14)17-25-9-11(31-17)22(4,5)6/h8-9,28H,1-7H3. The van der Waals surface area contributed by atoms with Gasteiger partial charge in [-0.2, -0.15) is 0 Å². The molecule has 0 bridgehead atoms. The van der Waals surface area contributed by atoms with Crippen molar-refractivity contribution in [3.05, 3.63) is 42.9 Å². The molecule has 2 aliphatic heterocycles. The SMILES string of the molecule is CC12N=c3c(-c4ncc(C(C)(C)C)s4)c(O)sc3=NC1=C(c1ncc(C(C)(C)C)s1)C(=O)S2. The van der Waals surface area contributed by atoms with Crippen LogP contribution in [0.2, 0.25) is 0 Å². The summed E-state index contributed by atoms with van der Waals surface area (Å²) in [5.41, 5.74) is 1.66. The number of rotatable bonds is 2. The first-order valence-electron chi connectivity index (χ1n) is 10.5. The molecule has 10 heteroatoms. The summed E-state index contributed by atoms with van der Waals surface area (Å²) in [6.45, 7) is 14.7. The molecule has 5 rings (SSSR count). The number of aromatic nitrogens is 2. The molecule has 1 atom stereocenters. The molecule has 0 radical (unpaired) electrons. The fourth-order valence-electron chi connectivity index (χ4n) is 3.59. The van der Waals surface area contributed by atoms with Gasteiger partial charge in [-0.15, -0.1) is 22.7 Å². The van der Waals surface area contributed by atoms with E-state index in [2.05, 4.69) is 51.5 Å². The number of hydrogen-bond acceptors (Lipinski definition) is 10. The lowest BCUT2D eigenvalue weighted by Gasteiger charge is -2.20. The van der Waals surface area contributed by atoms with Gasteiger partial charge in [-0.25, -0.2) is 15.0 Å². The second-order valence-corrected chi connectivity index (χ2v) is 14.7. The van der Waals surface area contributed by atoms with E-state index in [1.807, 2.05) is 19.3 Å². The second-order valence-electron chi connectivity index (χ2n) is 10.3. The first-order chi connectivity index (χ1) is 15.3. The molecule has 0 saturated carbocycles. The topological polar surface area (TPSA) is 87.8 Å². The lowest BCUT2D eigenvalue weighted by Crippen LogP contribution is -2.34. The van der Waals surface area contributed by atoms with E-state index in [0.29, 0.717) is 36.9 Å². The first kappa shape index (κ1) is 22.9. The van der Waals surface area contributed by atoms with E-state index in [1.165, 1.54) is 22.7 Å². The van der Waals surface area contributed by atoms with Crippen LogP contribution in [0.1, 0.15) is 63.2 Å². The fraction of sp³-hybridized carbons (Fsp3) is 0.435. The van der Waals surface area contributed by atoms with E-state index in [4.69, 9.17) is 9.98 Å². The molecule has 2 aliphatic rings. The zero-order valence-electron chi connectivity index (χ0n) is 19.4. The largest absolute Gasteiger partial charge is 0.499 e. The Balaban J connectivity index is 1.69. The lowest BCUT2D eigenvalue weighted by atomic mass is 9.96. The number of carbonyl (C=O) groups excluding carboxylic acids is 1. The van der Waals surface area contributed by atoms with Crippen molar-refractivity contribution in [2.45, 2.75) is 64.2 Å². The number of thiophene rings is 1. The Hall–Kier alpha value is -1.88. The highest BCUT2D eigenvalue weighted by Gasteiger charge is 2.47. The zero-order chi connectivity index (χ0) is 23.9. The van der Waals surface area contributed by atoms with Crippen molar-refractivity contribution < 1.29 is 9.90 Å². The molecule has 0 saturated heterocycles. The normalized spacial score (nSPS) is 20.5. The first-order valence-corrected chi connectivity index (χ1v) is 13.8. The Labute approximate surface area is 208 Å². The molecule has 33 heavy (non-hydrogen) atoms. The molecule has 0 fully saturated rings. The van der Waals surface area contributed by atoms with Crippen LogP contribution in [0.5, 0.6) is 5.06 Å². The Kier molecular flexibility index (Phi) is 5.07. The predicted octanol–water partition coefficient (Wildman–Crippen LogP) is 5.28. The summed E-state index contributed by atoms with van der Waals surface area (Å²) in [6, 6.07) is 0. The van der Waals surface area contributed by atoms with Crippen LogP contribution in [0.3, 0.4) is 0 Å². The van der Waals surface area contributed by atoms with Gasteiger partial charge in [-0.3, -0.25) is 9.79 Å². The van der Waals surface area contributed by atoms with Gasteiger partial charge in [0.15, 0.2) is 9.93 Å². The number of aromatic hydroxyl groups is 1. The number of carbonyl (C=O) groups is 1. The molecule has 0 aromatic carbocycles. The number of hydrogen-bond donors (Lipinski definition) is 1. The van der Waals surface area contributed by atoms with E-state index < -0.39 is 4.87 Å². The van der Waals surface area contributed by atoms with Crippen LogP contribution in [0.25, 0.3) is 16.1 Å². The van der Waals surface area contributed by atoms with Gasteiger partial charge in [-0.1, -0.05) is 52.9 Å². The Morgan fingerprint density at radius 3 is 2.06 bits per heavy atom. The monoisotopic (exact) mass is 516 g/mol. The van der Waals surface area contributed by atoms with Gasteiger partial charge in [0.2, 0.25) is 5.12 Å². The van der Waals surface area contributed by atoms with Gasteiger partial charge in [0.25, 0.3) is 0 Å². The molecular formula is C23H24N4O2S4. The third kappa shape index (κ3) is 3.71. The van der Waals surface area contributed by atoms with E-state index in [9.17, 15) is 9.90 Å². The fourth-order valence-corrected chi connectivity index (χ4v) is 7.66. The maximum absolute atomic E-state index is 13.1. The number of fused-ring (bicyclic) bond motifs is 2. The van der Waals surface area contributed by atoms with E-state index in [-0.39, 0.29) is 21.0 Å². The van der Waals surface area contributed by atoms with Gasteiger partial charge in [0.05, 0.1) is 16.8 Å². The molecule has 0 amide bonds. The average molecular weight is 517 g/mol. The van der Waals surface area contributed by atoms with Crippen molar-refractivity contribution in [3.8, 4) is 15.6 Å². The highest BCUT2D eigenvalue weighted by atomic mass is 32.2. The predicted molar refractivity (Wildman–Crippen MR) is 137 cm³/mol. The van der Waals surface area contributed by atoms with Crippen LogP contribution in [0.15, 0.2) is 28.1 Å². The highest BCUT2D eigenvalue weighted by molar-refractivity contribution is 8.16. The minimum absolute atomic E-state index is 0.0345. The molecule has 0 spiro atoms. The molecule has 1 unspecified atom stereocenters. The second kappa shape index (κ2) is 7.31. The van der Waals surface area contributed by atoms with Crippen molar-refractivity contribution in [1.29, 1.82) is 0 Å². The van der Waals surface area contributed by atoms with Crippen LogP contribution in [-0.4, -0.2) is 25.1 Å². The molecule has 0 aliphatic carbocycles. The summed E-state index contributed by atoms with van der Waals surface area (Å²) >= 11 is 5.41. The molecular weight excluding hydrogens is 493 g/mol. The molecule has 1 N–H and O–H groups in total. The quantitative estimate of drug-likeness (QED) is 0.501. The minimum atomic E-state index is -0.862. The third-order valence-corrected chi connectivity index (χ3v) is 10.3. The summed E-state index contributed by atoms with van der Waals surface area (Å²) in [5.74, 6) is 0. The molecule has 3 aromatic rings. The van der Waals surface area contributed by atoms with E-state index in [0.717, 1.165) is 21.5 Å². The number of nitrogens with zero attached hydrogens (tertiary/aromatic N) is 4. The average Bonchev–Trinajstić information content (AvgIpc) is 3.41. The van der Waals surface area contributed by atoms with E-state index >= 15 is 0 Å². The van der Waals surface area contributed by atoms with Crippen LogP contribution >= 0.6 is 45.8 Å². The minimum Gasteiger partial charge on any atom is -0.499 e. The van der Waals surface area contributed by atoms with Crippen LogP contribution in [0, 0.1) is 0 Å². The lowest BCUT2D eigenvalue weighted by molar-refractivity contribution is -0.106. The van der Waals surface area contributed by atoms with Crippen LogP contribution in [-0.2, 0) is 15.6 Å². The van der Waals surface area contributed by atoms with Crippen LogP contribution < -0.4 is 10.0 Å². The maximum Gasteiger partial charge on any atom is 0.227 e. The van der Waals surface area contributed by atoms with Gasteiger partial charge >= 0.3 is 0 Å². The molecule has 5 heterocycles. The Morgan fingerprint density at radius 2 is 1.48 bits per heavy atom. The Morgan fingerprint density at radius 1 is 0.909 bits per heavy atom. The van der Waals surface area contributed by atoms with Gasteiger partial charge in [0, 0.05) is 22.1 Å². The zero-order valence-corrected chi connectivity index (χ0v) is 22.7. The molecule has 172 valence electrons. The van der Waals surface area contributed by atoms with Gasteiger partial charge in [0.1, 0.15) is 20.0 Å². The number of thiazole rings is 2. The maximum atomic E-state index is 13.1.